The highest BCUT2D eigenvalue weighted by Gasteiger charge is 2.64. The third kappa shape index (κ3) is 0.877. The van der Waals surface area contributed by atoms with Gasteiger partial charge in [0.05, 0.1) is 6.10 Å². The van der Waals surface area contributed by atoms with E-state index in [1.807, 2.05) is 0 Å². The maximum Gasteiger partial charge on any atom is 0.331 e. The van der Waals surface area contributed by atoms with E-state index in [1.165, 1.54) is 24.8 Å². The van der Waals surface area contributed by atoms with E-state index in [0.717, 1.165) is 6.42 Å². The summed E-state index contributed by atoms with van der Waals surface area (Å²) >= 11 is 0. The van der Waals surface area contributed by atoms with Gasteiger partial charge in [0, 0.05) is 18.4 Å². The number of fused-ring (bicyclic) bond motifs is 1. The Kier molecular flexibility index (Phi) is 1.56. The quantitative estimate of drug-likeness (QED) is 0.628. The summed E-state index contributed by atoms with van der Waals surface area (Å²) in [5.41, 5.74) is 0.780. The molecule has 0 radical (unpaired) electrons. The summed E-state index contributed by atoms with van der Waals surface area (Å²) in [6.45, 7) is 0. The van der Waals surface area contributed by atoms with Gasteiger partial charge in [-0.25, -0.2) is 4.79 Å². The second-order valence-electron chi connectivity index (χ2n) is 5.82. The molecule has 1 spiro atoms. The van der Waals surface area contributed by atoms with Gasteiger partial charge in [-0.2, -0.15) is 0 Å². The van der Waals surface area contributed by atoms with Gasteiger partial charge < -0.3 is 9.84 Å². The lowest BCUT2D eigenvalue weighted by Gasteiger charge is -2.54. The maximum atomic E-state index is 11.5. The van der Waals surface area contributed by atoms with Crippen molar-refractivity contribution >= 4 is 5.97 Å². The molecule has 0 aromatic heterocycles. The molecule has 0 aromatic carbocycles. The zero-order valence-electron chi connectivity index (χ0n) is 9.19. The molecule has 2 bridgehead atoms. The highest BCUT2D eigenvalue weighted by molar-refractivity contribution is 5.87. The average molecular weight is 220 g/mol. The van der Waals surface area contributed by atoms with Crippen LogP contribution in [0.15, 0.2) is 11.6 Å². The van der Waals surface area contributed by atoms with Crippen LogP contribution in [0.25, 0.3) is 0 Å². The molecule has 16 heavy (non-hydrogen) atoms. The summed E-state index contributed by atoms with van der Waals surface area (Å²) in [5, 5.41) is 10.2. The van der Waals surface area contributed by atoms with Crippen molar-refractivity contribution in [2.45, 2.75) is 43.8 Å². The molecule has 4 fully saturated rings. The summed E-state index contributed by atoms with van der Waals surface area (Å²) in [6.07, 6.45) is 6.56. The molecule has 3 nitrogen and oxygen atoms in total. The van der Waals surface area contributed by atoms with Crippen molar-refractivity contribution in [2.24, 2.45) is 17.8 Å². The van der Waals surface area contributed by atoms with Crippen molar-refractivity contribution in [1.29, 1.82) is 0 Å². The van der Waals surface area contributed by atoms with Gasteiger partial charge in [-0.05, 0) is 36.7 Å². The number of carbonyl (C=O) groups excluding carboxylic acids is 1. The molecule has 5 aliphatic rings. The number of aliphatic hydroxyl groups is 1. The fourth-order valence-corrected chi connectivity index (χ4v) is 4.78. The molecule has 86 valence electrons. The van der Waals surface area contributed by atoms with E-state index in [2.05, 4.69) is 0 Å². The van der Waals surface area contributed by atoms with E-state index in [0.29, 0.717) is 24.2 Å². The van der Waals surface area contributed by atoms with Gasteiger partial charge in [0.2, 0.25) is 0 Å². The van der Waals surface area contributed by atoms with Crippen LogP contribution < -0.4 is 0 Å². The van der Waals surface area contributed by atoms with Crippen molar-refractivity contribution in [3.8, 4) is 0 Å². The van der Waals surface area contributed by atoms with E-state index >= 15 is 0 Å². The lowest BCUT2D eigenvalue weighted by molar-refractivity contribution is -0.176. The Morgan fingerprint density at radius 2 is 2.25 bits per heavy atom. The van der Waals surface area contributed by atoms with Gasteiger partial charge in [0.1, 0.15) is 5.60 Å². The first kappa shape index (κ1) is 9.23. The minimum atomic E-state index is -0.396. The standard InChI is InChI=1S/C13H16O3/c14-11-6-13-7(5-12(15)16-13)4-9(11)8-2-1-3-10(8)13/h5,8-11,14H,1-4,6H2. The molecule has 5 unspecified atom stereocenters. The lowest BCUT2D eigenvalue weighted by Crippen LogP contribution is -2.58. The Morgan fingerprint density at radius 3 is 3.12 bits per heavy atom. The van der Waals surface area contributed by atoms with Gasteiger partial charge in [0.25, 0.3) is 0 Å². The van der Waals surface area contributed by atoms with E-state index in [4.69, 9.17) is 4.74 Å². The molecule has 4 saturated carbocycles. The molecule has 0 aromatic rings. The van der Waals surface area contributed by atoms with Gasteiger partial charge in [-0.1, -0.05) is 6.42 Å². The van der Waals surface area contributed by atoms with Crippen molar-refractivity contribution in [3.05, 3.63) is 11.6 Å². The largest absolute Gasteiger partial charge is 0.451 e. The Morgan fingerprint density at radius 1 is 1.38 bits per heavy atom. The number of hydrogen-bond acceptors (Lipinski definition) is 3. The fourth-order valence-electron chi connectivity index (χ4n) is 4.78. The normalized spacial score (nSPS) is 53.3. The molecular weight excluding hydrogens is 204 g/mol. The smallest absolute Gasteiger partial charge is 0.331 e. The Balaban J connectivity index is 1.86. The molecule has 1 heterocycles. The molecular formula is C13H16O3. The molecule has 5 rings (SSSR count). The number of esters is 1. The second kappa shape index (κ2) is 2.70. The van der Waals surface area contributed by atoms with Gasteiger partial charge in [0.15, 0.2) is 0 Å². The molecule has 3 heteroatoms. The van der Waals surface area contributed by atoms with Crippen molar-refractivity contribution in [3.63, 3.8) is 0 Å². The van der Waals surface area contributed by atoms with E-state index in [9.17, 15) is 9.90 Å². The number of hydrogen-bond donors (Lipinski definition) is 1. The highest BCUT2D eigenvalue weighted by atomic mass is 16.6. The van der Waals surface area contributed by atoms with E-state index in [-0.39, 0.29) is 12.1 Å². The number of aliphatic hydroxyl groups excluding tert-OH is 1. The monoisotopic (exact) mass is 220 g/mol. The first-order valence-electron chi connectivity index (χ1n) is 6.33. The van der Waals surface area contributed by atoms with Crippen LogP contribution in [0.3, 0.4) is 0 Å². The average Bonchev–Trinajstić information content (AvgIpc) is 2.79. The van der Waals surface area contributed by atoms with Crippen molar-refractivity contribution < 1.29 is 14.6 Å². The van der Waals surface area contributed by atoms with Crippen molar-refractivity contribution in [2.75, 3.05) is 0 Å². The Bertz CT molecular complexity index is 400. The summed E-state index contributed by atoms with van der Waals surface area (Å²) in [6, 6.07) is 0. The Hall–Kier alpha value is -0.830. The first-order valence-corrected chi connectivity index (χ1v) is 6.33. The molecule has 0 amide bonds. The van der Waals surface area contributed by atoms with Crippen LogP contribution in [0.1, 0.15) is 32.1 Å². The lowest BCUT2D eigenvalue weighted by atomic mass is 9.54. The molecule has 5 atom stereocenters. The maximum absolute atomic E-state index is 11.5. The predicted octanol–water partition coefficient (Wildman–Crippen LogP) is 1.41. The third-order valence-electron chi connectivity index (χ3n) is 5.30. The van der Waals surface area contributed by atoms with E-state index < -0.39 is 5.60 Å². The Labute approximate surface area is 94.5 Å². The summed E-state index contributed by atoms with van der Waals surface area (Å²) < 4.78 is 5.63. The summed E-state index contributed by atoms with van der Waals surface area (Å²) in [5.74, 6) is 1.28. The number of rotatable bonds is 0. The third-order valence-corrected chi connectivity index (χ3v) is 5.30. The summed E-state index contributed by atoms with van der Waals surface area (Å²) in [7, 11) is 0. The van der Waals surface area contributed by atoms with Crippen LogP contribution in [0.4, 0.5) is 0 Å². The van der Waals surface area contributed by atoms with Gasteiger partial charge >= 0.3 is 5.97 Å². The second-order valence-corrected chi connectivity index (χ2v) is 5.82. The van der Waals surface area contributed by atoms with E-state index in [1.54, 1.807) is 6.08 Å². The van der Waals surface area contributed by atoms with Crippen LogP contribution in [0.5, 0.6) is 0 Å². The van der Waals surface area contributed by atoms with Crippen molar-refractivity contribution in [1.82, 2.24) is 0 Å². The molecule has 1 N–H and O–H groups in total. The molecule has 4 aliphatic carbocycles. The van der Waals surface area contributed by atoms with Crippen LogP contribution in [0, 0.1) is 17.8 Å². The number of ether oxygens (including phenoxy) is 1. The van der Waals surface area contributed by atoms with Crippen LogP contribution in [0.2, 0.25) is 0 Å². The molecule has 1 aliphatic heterocycles. The fraction of sp³-hybridized carbons (Fsp3) is 0.769. The van der Waals surface area contributed by atoms with Crippen LogP contribution in [-0.4, -0.2) is 22.8 Å². The first-order chi connectivity index (χ1) is 7.71. The SMILES string of the molecule is O=C1C=C2CC3C(O)CC2(O1)C1CCCC31. The van der Waals surface area contributed by atoms with Gasteiger partial charge in [-0.3, -0.25) is 0 Å². The van der Waals surface area contributed by atoms with Crippen LogP contribution >= 0.6 is 0 Å². The predicted molar refractivity (Wildman–Crippen MR) is 56.5 cm³/mol. The zero-order valence-corrected chi connectivity index (χ0v) is 9.19. The number of carbonyl (C=O) groups is 1. The highest BCUT2D eigenvalue weighted by Crippen LogP contribution is 2.62. The van der Waals surface area contributed by atoms with Crippen LogP contribution in [-0.2, 0) is 9.53 Å². The molecule has 0 saturated heterocycles. The van der Waals surface area contributed by atoms with Gasteiger partial charge in [-0.15, -0.1) is 0 Å². The summed E-state index contributed by atoms with van der Waals surface area (Å²) in [4.78, 5) is 11.5. The minimum absolute atomic E-state index is 0.185. The zero-order chi connectivity index (χ0) is 10.9. The topological polar surface area (TPSA) is 46.5 Å². The minimum Gasteiger partial charge on any atom is -0.451 e.